The van der Waals surface area contributed by atoms with Crippen LogP contribution in [0.5, 0.6) is 0 Å². The van der Waals surface area contributed by atoms with Crippen molar-refractivity contribution in [2.24, 2.45) is 29.6 Å². The molecule has 0 saturated heterocycles. The second-order valence-corrected chi connectivity index (χ2v) is 10.3. The number of methoxy groups -OCH3 is 2. The summed E-state index contributed by atoms with van der Waals surface area (Å²) >= 11 is 0. The van der Waals surface area contributed by atoms with Crippen molar-refractivity contribution in [1.29, 1.82) is 0 Å². The first-order valence-corrected chi connectivity index (χ1v) is 12.6. The molecule has 8 heteroatoms. The molecule has 0 aromatic carbocycles. The second kappa shape index (κ2) is 13.0. The van der Waals surface area contributed by atoms with Crippen LogP contribution in [0.25, 0.3) is 0 Å². The number of carbonyl (C=O) groups excluding carboxylic acids is 2. The fourth-order valence-corrected chi connectivity index (χ4v) is 5.48. The lowest BCUT2D eigenvalue weighted by molar-refractivity contribution is -0.162. The Bertz CT molecular complexity index is 707. The molecule has 1 fully saturated rings. The second-order valence-electron chi connectivity index (χ2n) is 10.3. The van der Waals surface area contributed by atoms with Gasteiger partial charge < -0.3 is 29.5 Å². The summed E-state index contributed by atoms with van der Waals surface area (Å²) in [6.45, 7) is 7.86. The average Bonchev–Trinajstić information content (AvgIpc) is 2.80. The third-order valence-electron chi connectivity index (χ3n) is 7.84. The summed E-state index contributed by atoms with van der Waals surface area (Å²) in [7, 11) is 2.91. The number of fused-ring (bicyclic) bond motifs is 1. The van der Waals surface area contributed by atoms with Gasteiger partial charge in [-0.15, -0.1) is 0 Å². The molecular weight excluding hydrogens is 440 g/mol. The number of rotatable bonds is 11. The van der Waals surface area contributed by atoms with Crippen molar-refractivity contribution in [2.75, 3.05) is 14.2 Å². The molecule has 2 aliphatic carbocycles. The van der Waals surface area contributed by atoms with E-state index in [2.05, 4.69) is 11.7 Å². The molecule has 8 nitrogen and oxygen atoms in total. The van der Waals surface area contributed by atoms with Crippen LogP contribution >= 0.6 is 0 Å². The van der Waals surface area contributed by atoms with Crippen LogP contribution in [-0.4, -0.2) is 72.0 Å². The summed E-state index contributed by atoms with van der Waals surface area (Å²) in [6.07, 6.45) is 1.24. The number of aliphatic hydroxyl groups excluding tert-OH is 3. The molecule has 196 valence electrons. The first-order valence-electron chi connectivity index (χ1n) is 12.6. The minimum Gasteiger partial charge on any atom is -0.469 e. The minimum atomic E-state index is -0.977. The third-order valence-corrected chi connectivity index (χ3v) is 7.84. The Morgan fingerprint density at radius 2 is 1.85 bits per heavy atom. The zero-order valence-corrected chi connectivity index (χ0v) is 21.5. The molecule has 0 heterocycles. The quantitative estimate of drug-likeness (QED) is 0.302. The maximum absolute atomic E-state index is 12.7. The Kier molecular flexibility index (Phi) is 11.0. The van der Waals surface area contributed by atoms with E-state index in [9.17, 15) is 24.9 Å². The number of esters is 2. The molecule has 0 aliphatic heterocycles. The fourth-order valence-electron chi connectivity index (χ4n) is 5.48. The number of carbonyl (C=O) groups is 2. The van der Waals surface area contributed by atoms with E-state index < -0.39 is 24.3 Å². The molecular formula is C26H44O8. The number of hydrogen-bond donors (Lipinski definition) is 3. The van der Waals surface area contributed by atoms with Crippen molar-refractivity contribution in [3.63, 3.8) is 0 Å². The van der Waals surface area contributed by atoms with Crippen LogP contribution < -0.4 is 0 Å². The highest BCUT2D eigenvalue weighted by Crippen LogP contribution is 2.48. The standard InChI is InChI=1S/C26H44O8/c1-7-14(2)26(31)34-22-10-15(3)25(30)20-13-21(32-5)16(4)19(24(20)22)9-8-17(27)11-18(28)12-23(29)33-6/h13-19,21-22,24-25,27-28,30H,7-12H2,1-6H3/t14-,15+,16+,17-,18-,19-,21+,22-,24+,25+/m0/s1. The largest absolute Gasteiger partial charge is 0.469 e. The zero-order valence-electron chi connectivity index (χ0n) is 21.5. The van der Waals surface area contributed by atoms with Crippen LogP contribution in [-0.2, 0) is 23.8 Å². The topological polar surface area (TPSA) is 123 Å². The molecule has 0 amide bonds. The summed E-state index contributed by atoms with van der Waals surface area (Å²) in [6, 6.07) is 0. The van der Waals surface area contributed by atoms with Gasteiger partial charge in [-0.2, -0.15) is 0 Å². The van der Waals surface area contributed by atoms with Gasteiger partial charge in [0.05, 0.1) is 43.9 Å². The molecule has 34 heavy (non-hydrogen) atoms. The highest BCUT2D eigenvalue weighted by Gasteiger charge is 2.49. The molecule has 0 bridgehead atoms. The summed E-state index contributed by atoms with van der Waals surface area (Å²) in [4.78, 5) is 24.1. The Labute approximate surface area is 203 Å². The molecule has 0 aromatic rings. The van der Waals surface area contributed by atoms with Crippen LogP contribution in [0.3, 0.4) is 0 Å². The third kappa shape index (κ3) is 7.03. The minimum absolute atomic E-state index is 0.00855. The van der Waals surface area contributed by atoms with Gasteiger partial charge in [0.1, 0.15) is 6.10 Å². The predicted molar refractivity (Wildman–Crippen MR) is 127 cm³/mol. The Morgan fingerprint density at radius 3 is 2.44 bits per heavy atom. The maximum atomic E-state index is 12.7. The maximum Gasteiger partial charge on any atom is 0.308 e. The molecule has 2 rings (SSSR count). The lowest BCUT2D eigenvalue weighted by Crippen LogP contribution is -2.51. The van der Waals surface area contributed by atoms with E-state index in [4.69, 9.17) is 9.47 Å². The van der Waals surface area contributed by atoms with E-state index in [1.807, 2.05) is 26.8 Å². The average molecular weight is 485 g/mol. The van der Waals surface area contributed by atoms with Gasteiger partial charge in [0.2, 0.25) is 0 Å². The molecule has 0 unspecified atom stereocenters. The lowest BCUT2D eigenvalue weighted by atomic mass is 9.61. The smallest absolute Gasteiger partial charge is 0.308 e. The lowest BCUT2D eigenvalue weighted by Gasteiger charge is -2.49. The van der Waals surface area contributed by atoms with Crippen LogP contribution in [0.15, 0.2) is 11.6 Å². The number of aliphatic hydroxyl groups is 3. The van der Waals surface area contributed by atoms with Gasteiger partial charge in [-0.25, -0.2) is 0 Å². The van der Waals surface area contributed by atoms with Crippen molar-refractivity contribution in [3.8, 4) is 0 Å². The molecule has 3 N–H and O–H groups in total. The molecule has 0 radical (unpaired) electrons. The van der Waals surface area contributed by atoms with Crippen LogP contribution in [0.1, 0.15) is 66.2 Å². The van der Waals surface area contributed by atoms with Crippen LogP contribution in [0.2, 0.25) is 0 Å². The number of hydrogen-bond acceptors (Lipinski definition) is 8. The Morgan fingerprint density at radius 1 is 1.18 bits per heavy atom. The SMILES string of the molecule is CC[C@H](C)C(=O)O[C@H]1C[C@@H](C)[C@@H](O)C2=C[C@@H](OC)[C@H](C)[C@H](CC[C@H](O)C[C@H](O)CC(=O)OC)[C@H]21. The van der Waals surface area contributed by atoms with Crippen LogP contribution in [0.4, 0.5) is 0 Å². The highest BCUT2D eigenvalue weighted by molar-refractivity contribution is 5.72. The van der Waals surface area contributed by atoms with E-state index in [1.165, 1.54) is 7.11 Å². The van der Waals surface area contributed by atoms with Gasteiger partial charge in [0.15, 0.2) is 0 Å². The van der Waals surface area contributed by atoms with E-state index in [1.54, 1.807) is 7.11 Å². The van der Waals surface area contributed by atoms with E-state index in [-0.39, 0.29) is 60.6 Å². The predicted octanol–water partition coefficient (Wildman–Crippen LogP) is 2.62. The first-order chi connectivity index (χ1) is 16.0. The summed E-state index contributed by atoms with van der Waals surface area (Å²) in [5.74, 6) is -1.06. The molecule has 0 spiro atoms. The van der Waals surface area contributed by atoms with Crippen molar-refractivity contribution in [1.82, 2.24) is 0 Å². The first kappa shape index (κ1) is 28.8. The molecule has 1 saturated carbocycles. The van der Waals surface area contributed by atoms with E-state index in [0.717, 1.165) is 5.57 Å². The monoisotopic (exact) mass is 484 g/mol. The molecule has 0 aromatic heterocycles. The van der Waals surface area contributed by atoms with Gasteiger partial charge in [0.25, 0.3) is 0 Å². The number of ether oxygens (including phenoxy) is 3. The van der Waals surface area contributed by atoms with Gasteiger partial charge in [0, 0.05) is 13.0 Å². The molecule has 10 atom stereocenters. The van der Waals surface area contributed by atoms with Crippen LogP contribution in [0, 0.1) is 29.6 Å². The van der Waals surface area contributed by atoms with Crippen molar-refractivity contribution in [3.05, 3.63) is 11.6 Å². The van der Waals surface area contributed by atoms with E-state index >= 15 is 0 Å². The van der Waals surface area contributed by atoms with Gasteiger partial charge in [-0.05, 0) is 55.4 Å². The van der Waals surface area contributed by atoms with Crippen molar-refractivity contribution in [2.45, 2.75) is 96.7 Å². The summed E-state index contributed by atoms with van der Waals surface area (Å²) in [5, 5.41) is 31.6. The van der Waals surface area contributed by atoms with Crippen molar-refractivity contribution < 1.29 is 39.1 Å². The van der Waals surface area contributed by atoms with Gasteiger partial charge >= 0.3 is 11.9 Å². The van der Waals surface area contributed by atoms with E-state index in [0.29, 0.717) is 25.7 Å². The highest BCUT2D eigenvalue weighted by atomic mass is 16.5. The summed E-state index contributed by atoms with van der Waals surface area (Å²) in [5.41, 5.74) is 0.857. The van der Waals surface area contributed by atoms with Gasteiger partial charge in [-0.3, -0.25) is 9.59 Å². The fraction of sp³-hybridized carbons (Fsp3) is 0.846. The Balaban J connectivity index is 2.21. The Hall–Kier alpha value is -1.48. The normalized spacial score (nSPS) is 33.8. The summed E-state index contributed by atoms with van der Waals surface area (Å²) < 4.78 is 16.3. The van der Waals surface area contributed by atoms with Crippen molar-refractivity contribution >= 4 is 11.9 Å². The molecule has 2 aliphatic rings. The zero-order chi connectivity index (χ0) is 25.6. The van der Waals surface area contributed by atoms with Gasteiger partial charge in [-0.1, -0.05) is 33.8 Å².